The number of amides is 2. The van der Waals surface area contributed by atoms with E-state index >= 15 is 0 Å². The molecule has 0 unspecified atom stereocenters. The lowest BCUT2D eigenvalue weighted by Gasteiger charge is -2.26. The van der Waals surface area contributed by atoms with Gasteiger partial charge in [0, 0.05) is 13.1 Å². The number of nitrogens with two attached hydrogens (primary N) is 1. The van der Waals surface area contributed by atoms with Gasteiger partial charge in [0.2, 0.25) is 0 Å². The number of nitriles is 1. The molecule has 8 heteroatoms. The summed E-state index contributed by atoms with van der Waals surface area (Å²) in [5.74, 6) is -0.165. The zero-order chi connectivity index (χ0) is 18.9. The first-order valence-corrected chi connectivity index (χ1v) is 8.22. The van der Waals surface area contributed by atoms with Crippen molar-refractivity contribution in [3.63, 3.8) is 0 Å². The van der Waals surface area contributed by atoms with Crippen LogP contribution in [0, 0.1) is 11.3 Å². The second kappa shape index (κ2) is 9.44. The van der Waals surface area contributed by atoms with Crippen molar-refractivity contribution in [2.45, 2.75) is 6.92 Å². The molecule has 2 rings (SSSR count). The summed E-state index contributed by atoms with van der Waals surface area (Å²) in [5, 5.41) is 9.36. The van der Waals surface area contributed by atoms with Gasteiger partial charge in [0.15, 0.2) is 18.1 Å². The van der Waals surface area contributed by atoms with Crippen molar-refractivity contribution in [2.24, 2.45) is 5.73 Å². The molecule has 1 aromatic carbocycles. The summed E-state index contributed by atoms with van der Waals surface area (Å²) in [4.78, 5) is 24.9. The molecule has 1 saturated heterocycles. The number of hydrogen-bond donors (Lipinski definition) is 1. The van der Waals surface area contributed by atoms with Gasteiger partial charge in [0.1, 0.15) is 11.6 Å². The van der Waals surface area contributed by atoms with Crippen molar-refractivity contribution >= 4 is 17.9 Å². The highest BCUT2D eigenvalue weighted by Crippen LogP contribution is 2.29. The Morgan fingerprint density at radius 2 is 2.04 bits per heavy atom. The van der Waals surface area contributed by atoms with E-state index in [2.05, 4.69) is 0 Å². The third-order valence-corrected chi connectivity index (χ3v) is 3.60. The summed E-state index contributed by atoms with van der Waals surface area (Å²) in [5.41, 5.74) is 5.72. The van der Waals surface area contributed by atoms with Crippen molar-refractivity contribution in [3.8, 4) is 17.6 Å². The standard InChI is InChI=1S/C18H21N3O5/c1-2-25-16-10-13(3-4-15(16)26-12-17(20)22)9-14(11-19)18(23)21-5-7-24-8-6-21/h3-4,9-10H,2,5-8,12H2,1H3,(H2,20,22)/b14-9-. The van der Waals surface area contributed by atoms with Gasteiger partial charge in [-0.1, -0.05) is 6.07 Å². The van der Waals surface area contributed by atoms with Crippen molar-refractivity contribution in [1.29, 1.82) is 5.26 Å². The van der Waals surface area contributed by atoms with E-state index in [1.165, 1.54) is 6.08 Å². The first kappa shape index (κ1) is 19.3. The number of carbonyl (C=O) groups is 2. The predicted octanol–water partition coefficient (Wildman–Crippen LogP) is 0.715. The molecule has 26 heavy (non-hydrogen) atoms. The summed E-state index contributed by atoms with van der Waals surface area (Å²) < 4.78 is 16.0. The molecule has 0 bridgehead atoms. The highest BCUT2D eigenvalue weighted by molar-refractivity contribution is 6.01. The Kier molecular flexibility index (Phi) is 7.00. The van der Waals surface area contributed by atoms with Crippen molar-refractivity contribution < 1.29 is 23.8 Å². The van der Waals surface area contributed by atoms with E-state index < -0.39 is 5.91 Å². The first-order valence-electron chi connectivity index (χ1n) is 8.22. The van der Waals surface area contributed by atoms with Gasteiger partial charge in [-0.2, -0.15) is 5.26 Å². The van der Waals surface area contributed by atoms with Gasteiger partial charge < -0.3 is 24.8 Å². The molecule has 1 aliphatic heterocycles. The smallest absolute Gasteiger partial charge is 0.264 e. The van der Waals surface area contributed by atoms with Gasteiger partial charge in [-0.15, -0.1) is 0 Å². The molecule has 8 nitrogen and oxygen atoms in total. The maximum atomic E-state index is 12.5. The molecule has 2 N–H and O–H groups in total. The SMILES string of the molecule is CCOc1cc(/C=C(/C#N)C(=O)N2CCOCC2)ccc1OCC(N)=O. The van der Waals surface area contributed by atoms with Crippen molar-refractivity contribution in [2.75, 3.05) is 39.5 Å². The van der Waals surface area contributed by atoms with Gasteiger partial charge in [0.05, 0.1) is 19.8 Å². The Labute approximate surface area is 151 Å². The van der Waals surface area contributed by atoms with Crippen LogP contribution in [0.2, 0.25) is 0 Å². The number of ether oxygens (including phenoxy) is 3. The molecule has 1 heterocycles. The minimum Gasteiger partial charge on any atom is -0.490 e. The fourth-order valence-corrected chi connectivity index (χ4v) is 2.40. The largest absolute Gasteiger partial charge is 0.490 e. The first-order chi connectivity index (χ1) is 12.5. The maximum absolute atomic E-state index is 12.5. The number of rotatable bonds is 7. The average molecular weight is 359 g/mol. The van der Waals surface area contributed by atoms with Crippen LogP contribution >= 0.6 is 0 Å². The zero-order valence-electron chi connectivity index (χ0n) is 14.6. The Balaban J connectivity index is 2.23. The van der Waals surface area contributed by atoms with Gasteiger partial charge >= 0.3 is 0 Å². The number of benzene rings is 1. The van der Waals surface area contributed by atoms with Crippen LogP contribution in [0.25, 0.3) is 6.08 Å². The summed E-state index contributed by atoms with van der Waals surface area (Å²) in [6.45, 7) is 3.77. The molecule has 1 aromatic rings. The number of primary amides is 1. The van der Waals surface area contributed by atoms with Crippen LogP contribution in [-0.4, -0.2) is 56.2 Å². The lowest BCUT2D eigenvalue weighted by atomic mass is 10.1. The predicted molar refractivity (Wildman–Crippen MR) is 93.3 cm³/mol. The summed E-state index contributed by atoms with van der Waals surface area (Å²) in [7, 11) is 0. The van der Waals surface area contributed by atoms with Crippen LogP contribution < -0.4 is 15.2 Å². The molecule has 0 radical (unpaired) electrons. The third-order valence-electron chi connectivity index (χ3n) is 3.60. The quantitative estimate of drug-likeness (QED) is 0.566. The van der Waals surface area contributed by atoms with E-state index in [4.69, 9.17) is 19.9 Å². The highest BCUT2D eigenvalue weighted by Gasteiger charge is 2.20. The second-order valence-corrected chi connectivity index (χ2v) is 5.47. The third kappa shape index (κ3) is 5.22. The number of hydrogen-bond acceptors (Lipinski definition) is 6. The van der Waals surface area contributed by atoms with E-state index in [0.717, 1.165) is 0 Å². The maximum Gasteiger partial charge on any atom is 0.264 e. The van der Waals surface area contributed by atoms with Crippen LogP contribution in [0.15, 0.2) is 23.8 Å². The molecule has 0 aromatic heterocycles. The molecule has 138 valence electrons. The number of morpholine rings is 1. The van der Waals surface area contributed by atoms with Crippen molar-refractivity contribution in [1.82, 2.24) is 4.90 Å². The van der Waals surface area contributed by atoms with Crippen LogP contribution in [0.4, 0.5) is 0 Å². The molecule has 1 fully saturated rings. The fraction of sp³-hybridized carbons (Fsp3) is 0.389. The molecule has 0 saturated carbocycles. The fourth-order valence-electron chi connectivity index (χ4n) is 2.40. The van der Waals surface area contributed by atoms with E-state index in [-0.39, 0.29) is 18.1 Å². The minimum atomic E-state index is -0.598. The number of nitrogens with zero attached hydrogens (tertiary/aromatic N) is 2. The topological polar surface area (TPSA) is 115 Å². The van der Waals surface area contributed by atoms with Gasteiger partial charge in [-0.3, -0.25) is 9.59 Å². The van der Waals surface area contributed by atoms with Crippen LogP contribution in [-0.2, 0) is 14.3 Å². The Morgan fingerprint density at radius 1 is 1.31 bits per heavy atom. The molecular formula is C18H21N3O5. The molecule has 0 spiro atoms. The second-order valence-electron chi connectivity index (χ2n) is 5.47. The van der Waals surface area contributed by atoms with E-state index in [0.29, 0.717) is 50.0 Å². The Hall–Kier alpha value is -3.05. The Morgan fingerprint density at radius 3 is 2.65 bits per heavy atom. The van der Waals surface area contributed by atoms with Crippen LogP contribution in [0.1, 0.15) is 12.5 Å². The summed E-state index contributed by atoms with van der Waals surface area (Å²) >= 11 is 0. The monoisotopic (exact) mass is 359 g/mol. The van der Waals surface area contributed by atoms with E-state index in [9.17, 15) is 14.9 Å². The summed E-state index contributed by atoms with van der Waals surface area (Å²) in [6, 6.07) is 6.87. The molecule has 0 aliphatic carbocycles. The molecule has 1 aliphatic rings. The lowest BCUT2D eigenvalue weighted by Crippen LogP contribution is -2.41. The Bertz CT molecular complexity index is 733. The molecule has 2 amide bonds. The van der Waals surface area contributed by atoms with Gasteiger partial charge in [-0.05, 0) is 30.7 Å². The molecule has 0 atom stereocenters. The normalized spacial score (nSPS) is 14.5. The zero-order valence-corrected chi connectivity index (χ0v) is 14.6. The van der Waals surface area contributed by atoms with Crippen LogP contribution in [0.3, 0.4) is 0 Å². The lowest BCUT2D eigenvalue weighted by molar-refractivity contribution is -0.130. The highest BCUT2D eigenvalue weighted by atomic mass is 16.5. The number of carbonyl (C=O) groups excluding carboxylic acids is 2. The average Bonchev–Trinajstić information content (AvgIpc) is 2.65. The van der Waals surface area contributed by atoms with Gasteiger partial charge in [0.25, 0.3) is 11.8 Å². The van der Waals surface area contributed by atoms with Gasteiger partial charge in [-0.25, -0.2) is 0 Å². The van der Waals surface area contributed by atoms with E-state index in [1.807, 2.05) is 13.0 Å². The van der Waals surface area contributed by atoms with Crippen LogP contribution in [0.5, 0.6) is 11.5 Å². The summed E-state index contributed by atoms with van der Waals surface area (Å²) in [6.07, 6.45) is 1.50. The minimum absolute atomic E-state index is 0.0279. The van der Waals surface area contributed by atoms with Crippen molar-refractivity contribution in [3.05, 3.63) is 29.3 Å². The van der Waals surface area contributed by atoms with E-state index in [1.54, 1.807) is 23.1 Å². The molecular weight excluding hydrogens is 338 g/mol.